The number of carbonyl (C=O) groups is 2. The third-order valence-electron chi connectivity index (χ3n) is 3.36. The predicted molar refractivity (Wildman–Crippen MR) is 82.3 cm³/mol. The van der Waals surface area contributed by atoms with Crippen molar-refractivity contribution in [3.8, 4) is 11.3 Å². The van der Waals surface area contributed by atoms with E-state index in [1.807, 2.05) is 0 Å². The standard InChI is InChI=1S/C15H14FN3O3S/c1-9(13(20)19-7-6-17-14(19)21)23-15-18-8-12(22-15)10-2-4-11(16)5-3-10/h2-5,8-9H,6-7H2,1H3,(H,17,21). The Kier molecular flexibility index (Phi) is 4.33. The first kappa shape index (κ1) is 15.5. The molecular formula is C15H14FN3O3S. The fraction of sp³-hybridized carbons (Fsp3) is 0.267. The zero-order valence-corrected chi connectivity index (χ0v) is 13.1. The molecule has 0 aliphatic carbocycles. The summed E-state index contributed by atoms with van der Waals surface area (Å²) in [6.45, 7) is 2.53. The molecule has 2 aromatic rings. The second kappa shape index (κ2) is 6.41. The molecule has 1 aromatic carbocycles. The summed E-state index contributed by atoms with van der Waals surface area (Å²) in [5, 5.41) is 2.41. The molecular weight excluding hydrogens is 321 g/mol. The van der Waals surface area contributed by atoms with E-state index in [0.717, 1.165) is 11.8 Å². The van der Waals surface area contributed by atoms with Gasteiger partial charge in [-0.2, -0.15) is 0 Å². The van der Waals surface area contributed by atoms with Gasteiger partial charge in [0.15, 0.2) is 5.76 Å². The molecule has 2 heterocycles. The first-order valence-electron chi connectivity index (χ1n) is 7.02. The second-order valence-corrected chi connectivity index (χ2v) is 6.27. The van der Waals surface area contributed by atoms with E-state index in [1.165, 1.54) is 23.2 Å². The number of rotatable bonds is 4. The first-order chi connectivity index (χ1) is 11.0. The van der Waals surface area contributed by atoms with Crippen molar-refractivity contribution >= 4 is 23.7 Å². The van der Waals surface area contributed by atoms with Crippen molar-refractivity contribution in [2.24, 2.45) is 0 Å². The summed E-state index contributed by atoms with van der Waals surface area (Å²) < 4.78 is 18.5. The molecule has 1 unspecified atom stereocenters. The van der Waals surface area contributed by atoms with E-state index in [1.54, 1.807) is 19.1 Å². The van der Waals surface area contributed by atoms with Crippen LogP contribution in [0.4, 0.5) is 9.18 Å². The monoisotopic (exact) mass is 335 g/mol. The SMILES string of the molecule is CC(Sc1ncc(-c2ccc(F)cc2)o1)C(=O)N1CCNC1=O. The molecule has 23 heavy (non-hydrogen) atoms. The molecule has 1 N–H and O–H groups in total. The van der Waals surface area contributed by atoms with Crippen LogP contribution in [-0.4, -0.2) is 40.2 Å². The Morgan fingerprint density at radius 3 is 2.83 bits per heavy atom. The van der Waals surface area contributed by atoms with Gasteiger partial charge in [0.05, 0.1) is 11.4 Å². The van der Waals surface area contributed by atoms with Gasteiger partial charge in [0, 0.05) is 18.7 Å². The number of benzene rings is 1. The molecule has 0 spiro atoms. The predicted octanol–water partition coefficient (Wildman–Crippen LogP) is 2.51. The Bertz CT molecular complexity index is 732. The maximum absolute atomic E-state index is 12.9. The van der Waals surface area contributed by atoms with E-state index >= 15 is 0 Å². The van der Waals surface area contributed by atoms with E-state index in [0.29, 0.717) is 29.6 Å². The first-order valence-corrected chi connectivity index (χ1v) is 7.90. The molecule has 1 fully saturated rings. The van der Waals surface area contributed by atoms with Gasteiger partial charge in [-0.05, 0) is 31.2 Å². The largest absolute Gasteiger partial charge is 0.431 e. The number of imide groups is 1. The lowest BCUT2D eigenvalue weighted by Gasteiger charge is -2.15. The Labute approximate surface area is 136 Å². The normalized spacial score (nSPS) is 15.6. The number of carbonyl (C=O) groups excluding carboxylic acids is 2. The van der Waals surface area contributed by atoms with Crippen molar-refractivity contribution in [2.75, 3.05) is 13.1 Å². The molecule has 120 valence electrons. The highest BCUT2D eigenvalue weighted by Gasteiger charge is 2.30. The molecule has 1 atom stereocenters. The van der Waals surface area contributed by atoms with Gasteiger partial charge in [0.25, 0.3) is 5.22 Å². The van der Waals surface area contributed by atoms with Crippen LogP contribution in [0, 0.1) is 5.82 Å². The third-order valence-corrected chi connectivity index (χ3v) is 4.31. The van der Waals surface area contributed by atoms with Gasteiger partial charge in [-0.25, -0.2) is 14.2 Å². The average molecular weight is 335 g/mol. The van der Waals surface area contributed by atoms with Crippen LogP contribution in [-0.2, 0) is 4.79 Å². The number of amides is 3. The molecule has 1 aliphatic heterocycles. The van der Waals surface area contributed by atoms with Gasteiger partial charge in [-0.1, -0.05) is 11.8 Å². The molecule has 0 saturated carbocycles. The van der Waals surface area contributed by atoms with E-state index in [-0.39, 0.29) is 17.8 Å². The fourth-order valence-electron chi connectivity index (χ4n) is 2.16. The minimum atomic E-state index is -0.501. The summed E-state index contributed by atoms with van der Waals surface area (Å²) in [6.07, 6.45) is 1.52. The van der Waals surface area contributed by atoms with E-state index in [2.05, 4.69) is 10.3 Å². The number of urea groups is 1. The van der Waals surface area contributed by atoms with Crippen molar-refractivity contribution in [2.45, 2.75) is 17.4 Å². The van der Waals surface area contributed by atoms with E-state index in [4.69, 9.17) is 4.42 Å². The molecule has 0 bridgehead atoms. The Morgan fingerprint density at radius 1 is 1.43 bits per heavy atom. The average Bonchev–Trinajstić information content (AvgIpc) is 3.16. The topological polar surface area (TPSA) is 75.4 Å². The Morgan fingerprint density at radius 2 is 2.17 bits per heavy atom. The second-order valence-electron chi connectivity index (χ2n) is 4.98. The number of halogens is 1. The highest BCUT2D eigenvalue weighted by Crippen LogP contribution is 2.28. The fourth-order valence-corrected chi connectivity index (χ4v) is 2.95. The number of nitrogens with one attached hydrogen (secondary N) is 1. The number of oxazole rings is 1. The number of nitrogens with zero attached hydrogens (tertiary/aromatic N) is 2. The molecule has 3 amide bonds. The van der Waals surface area contributed by atoms with Crippen molar-refractivity contribution < 1.29 is 18.4 Å². The van der Waals surface area contributed by atoms with Crippen LogP contribution in [0.2, 0.25) is 0 Å². The van der Waals surface area contributed by atoms with Crippen molar-refractivity contribution in [3.63, 3.8) is 0 Å². The highest BCUT2D eigenvalue weighted by molar-refractivity contribution is 8.00. The van der Waals surface area contributed by atoms with Crippen molar-refractivity contribution in [3.05, 3.63) is 36.3 Å². The zero-order valence-electron chi connectivity index (χ0n) is 12.3. The number of hydrogen-bond acceptors (Lipinski definition) is 5. The van der Waals surface area contributed by atoms with Crippen LogP contribution in [0.1, 0.15) is 6.92 Å². The summed E-state index contributed by atoms with van der Waals surface area (Å²) >= 11 is 1.14. The van der Waals surface area contributed by atoms with Crippen LogP contribution in [0.15, 0.2) is 40.1 Å². The number of aromatic nitrogens is 1. The van der Waals surface area contributed by atoms with Gasteiger partial charge in [0.2, 0.25) is 5.91 Å². The van der Waals surface area contributed by atoms with Crippen LogP contribution in [0.3, 0.4) is 0 Å². The smallest absolute Gasteiger partial charge is 0.324 e. The molecule has 1 aromatic heterocycles. The van der Waals surface area contributed by atoms with E-state index < -0.39 is 5.25 Å². The minimum Gasteiger partial charge on any atom is -0.431 e. The quantitative estimate of drug-likeness (QED) is 0.869. The minimum absolute atomic E-state index is 0.286. The Hall–Kier alpha value is -2.35. The number of thioether (sulfide) groups is 1. The highest BCUT2D eigenvalue weighted by atomic mass is 32.2. The van der Waals surface area contributed by atoms with Gasteiger partial charge in [-0.3, -0.25) is 9.69 Å². The van der Waals surface area contributed by atoms with Crippen LogP contribution < -0.4 is 5.32 Å². The Balaban J connectivity index is 1.67. The number of hydrogen-bond donors (Lipinski definition) is 1. The maximum atomic E-state index is 12.9. The third kappa shape index (κ3) is 3.37. The lowest BCUT2D eigenvalue weighted by molar-refractivity contribution is -0.126. The maximum Gasteiger partial charge on any atom is 0.324 e. The van der Waals surface area contributed by atoms with Gasteiger partial charge in [0.1, 0.15) is 5.82 Å². The van der Waals surface area contributed by atoms with Gasteiger partial charge in [-0.15, -0.1) is 0 Å². The molecule has 6 nitrogen and oxygen atoms in total. The molecule has 8 heteroatoms. The molecule has 1 aliphatic rings. The van der Waals surface area contributed by atoms with E-state index in [9.17, 15) is 14.0 Å². The summed E-state index contributed by atoms with van der Waals surface area (Å²) in [5.41, 5.74) is 0.698. The molecule has 1 saturated heterocycles. The van der Waals surface area contributed by atoms with Crippen LogP contribution in [0.5, 0.6) is 0 Å². The van der Waals surface area contributed by atoms with Gasteiger partial charge >= 0.3 is 6.03 Å². The molecule has 3 rings (SSSR count). The van der Waals surface area contributed by atoms with Gasteiger partial charge < -0.3 is 9.73 Å². The van der Waals surface area contributed by atoms with Crippen LogP contribution >= 0.6 is 11.8 Å². The summed E-state index contributed by atoms with van der Waals surface area (Å²) in [5.74, 6) is -0.122. The van der Waals surface area contributed by atoms with Crippen molar-refractivity contribution in [1.29, 1.82) is 0 Å². The lowest BCUT2D eigenvalue weighted by Crippen LogP contribution is -2.38. The van der Waals surface area contributed by atoms with Crippen LogP contribution in [0.25, 0.3) is 11.3 Å². The van der Waals surface area contributed by atoms with Crippen molar-refractivity contribution in [1.82, 2.24) is 15.2 Å². The summed E-state index contributed by atoms with van der Waals surface area (Å²) in [6, 6.07) is 5.48. The molecule has 0 radical (unpaired) electrons. The zero-order chi connectivity index (χ0) is 16.4. The summed E-state index contributed by atoms with van der Waals surface area (Å²) in [7, 11) is 0. The summed E-state index contributed by atoms with van der Waals surface area (Å²) in [4.78, 5) is 29.0. The lowest BCUT2D eigenvalue weighted by atomic mass is 10.2.